The average molecular weight is 371 g/mol. The molecule has 7 heteroatoms. The molecule has 3 nitrogen and oxygen atoms in total. The zero-order valence-corrected chi connectivity index (χ0v) is 14.7. The Balaban J connectivity index is 2.18. The first kappa shape index (κ1) is 19.1. The molecular weight excluding hydrogens is 353 g/mol. The highest BCUT2D eigenvalue weighted by Gasteiger charge is 2.34. The van der Waals surface area contributed by atoms with Gasteiger partial charge < -0.3 is 10.6 Å². The van der Waals surface area contributed by atoms with E-state index in [0.717, 1.165) is 28.9 Å². The van der Waals surface area contributed by atoms with E-state index in [4.69, 9.17) is 11.6 Å². The molecule has 25 heavy (non-hydrogen) atoms. The summed E-state index contributed by atoms with van der Waals surface area (Å²) < 4.78 is 39.3. The van der Waals surface area contributed by atoms with Gasteiger partial charge in [-0.25, -0.2) is 0 Å². The van der Waals surface area contributed by atoms with Gasteiger partial charge in [0, 0.05) is 10.7 Å². The van der Waals surface area contributed by atoms with Crippen LogP contribution >= 0.6 is 11.6 Å². The molecule has 1 amide bonds. The molecule has 0 aliphatic rings. The molecule has 0 spiro atoms. The summed E-state index contributed by atoms with van der Waals surface area (Å²) in [6, 6.07) is 8.11. The molecule has 2 N–H and O–H groups in total. The molecule has 1 atom stereocenters. The molecule has 0 saturated carbocycles. The fourth-order valence-corrected chi connectivity index (χ4v) is 2.48. The summed E-state index contributed by atoms with van der Waals surface area (Å²) in [5, 5.41) is 5.29. The first-order valence-corrected chi connectivity index (χ1v) is 7.97. The predicted molar refractivity (Wildman–Crippen MR) is 94.1 cm³/mol. The second-order valence-electron chi connectivity index (χ2n) is 5.79. The van der Waals surface area contributed by atoms with E-state index in [9.17, 15) is 18.0 Å². The van der Waals surface area contributed by atoms with Crippen LogP contribution in [0.3, 0.4) is 0 Å². The van der Waals surface area contributed by atoms with Gasteiger partial charge in [0.2, 0.25) is 5.91 Å². The Kier molecular flexibility index (Phi) is 5.62. The van der Waals surface area contributed by atoms with Crippen LogP contribution in [0, 0.1) is 13.8 Å². The van der Waals surface area contributed by atoms with Crippen LogP contribution in [0.4, 0.5) is 24.5 Å². The Morgan fingerprint density at radius 1 is 1.12 bits per heavy atom. The van der Waals surface area contributed by atoms with Crippen LogP contribution in [0.5, 0.6) is 0 Å². The Morgan fingerprint density at radius 3 is 2.44 bits per heavy atom. The SMILES string of the molecule is Cc1cccc(NC(C)C(=O)Nc2ccc(Cl)cc2C(F)(F)F)c1C. The molecule has 0 aromatic heterocycles. The fourth-order valence-electron chi connectivity index (χ4n) is 2.31. The number of benzene rings is 2. The Hall–Kier alpha value is -2.21. The third kappa shape index (κ3) is 4.66. The summed E-state index contributed by atoms with van der Waals surface area (Å²) >= 11 is 5.64. The molecular formula is C18H18ClF3N2O. The van der Waals surface area contributed by atoms with Gasteiger partial charge in [-0.3, -0.25) is 4.79 Å². The number of aryl methyl sites for hydroxylation is 1. The zero-order valence-electron chi connectivity index (χ0n) is 14.0. The highest BCUT2D eigenvalue weighted by molar-refractivity contribution is 6.30. The molecule has 2 rings (SSSR count). The number of halogens is 4. The summed E-state index contributed by atoms with van der Waals surface area (Å²) in [4.78, 5) is 12.3. The van der Waals surface area contributed by atoms with Crippen LogP contribution in [0.1, 0.15) is 23.6 Å². The van der Waals surface area contributed by atoms with Crippen LogP contribution in [0.2, 0.25) is 5.02 Å². The van der Waals surface area contributed by atoms with Crippen molar-refractivity contribution >= 4 is 28.9 Å². The van der Waals surface area contributed by atoms with E-state index in [-0.39, 0.29) is 10.7 Å². The van der Waals surface area contributed by atoms with Crippen molar-refractivity contribution in [1.29, 1.82) is 0 Å². The van der Waals surface area contributed by atoms with Gasteiger partial charge in [0.25, 0.3) is 0 Å². The molecule has 0 fully saturated rings. The monoisotopic (exact) mass is 370 g/mol. The van der Waals surface area contributed by atoms with Gasteiger partial charge in [0.15, 0.2) is 0 Å². The van der Waals surface area contributed by atoms with Crippen LogP contribution in [-0.4, -0.2) is 11.9 Å². The Labute approximate surface area is 149 Å². The van der Waals surface area contributed by atoms with Gasteiger partial charge in [-0.1, -0.05) is 23.7 Å². The van der Waals surface area contributed by atoms with E-state index in [1.54, 1.807) is 6.92 Å². The topological polar surface area (TPSA) is 41.1 Å². The van der Waals surface area contributed by atoms with Crippen molar-refractivity contribution in [2.75, 3.05) is 10.6 Å². The van der Waals surface area contributed by atoms with E-state index < -0.39 is 23.7 Å². The third-order valence-corrected chi connectivity index (χ3v) is 4.15. The Morgan fingerprint density at radius 2 is 1.80 bits per heavy atom. The first-order chi connectivity index (χ1) is 11.6. The molecule has 134 valence electrons. The lowest BCUT2D eigenvalue weighted by Crippen LogP contribution is -2.32. The van der Waals surface area contributed by atoms with Crippen LogP contribution in [0.25, 0.3) is 0 Å². The number of carbonyl (C=O) groups is 1. The van der Waals surface area contributed by atoms with Gasteiger partial charge in [-0.2, -0.15) is 13.2 Å². The number of hydrogen-bond acceptors (Lipinski definition) is 2. The van der Waals surface area contributed by atoms with E-state index in [0.29, 0.717) is 0 Å². The molecule has 1 unspecified atom stereocenters. The zero-order chi connectivity index (χ0) is 18.8. The van der Waals surface area contributed by atoms with Crippen molar-refractivity contribution < 1.29 is 18.0 Å². The van der Waals surface area contributed by atoms with Crippen molar-refractivity contribution in [1.82, 2.24) is 0 Å². The summed E-state index contributed by atoms with van der Waals surface area (Å²) in [7, 11) is 0. The number of nitrogens with one attached hydrogen (secondary N) is 2. The van der Waals surface area contributed by atoms with Gasteiger partial charge in [-0.15, -0.1) is 0 Å². The van der Waals surface area contributed by atoms with Crippen LogP contribution in [-0.2, 0) is 11.0 Å². The average Bonchev–Trinajstić information content (AvgIpc) is 2.52. The molecule has 0 heterocycles. The van der Waals surface area contributed by atoms with E-state index in [2.05, 4.69) is 10.6 Å². The second-order valence-corrected chi connectivity index (χ2v) is 6.23. The smallest absolute Gasteiger partial charge is 0.374 e. The Bertz CT molecular complexity index is 790. The maximum Gasteiger partial charge on any atom is 0.418 e. The number of hydrogen-bond donors (Lipinski definition) is 2. The van der Waals surface area contributed by atoms with Gasteiger partial charge in [0.05, 0.1) is 11.3 Å². The van der Waals surface area contributed by atoms with Crippen LogP contribution in [0.15, 0.2) is 36.4 Å². The van der Waals surface area contributed by atoms with Gasteiger partial charge in [0.1, 0.15) is 6.04 Å². The lowest BCUT2D eigenvalue weighted by Gasteiger charge is -2.19. The van der Waals surface area contributed by atoms with Crippen molar-refractivity contribution in [3.8, 4) is 0 Å². The lowest BCUT2D eigenvalue weighted by atomic mass is 10.1. The van der Waals surface area contributed by atoms with E-state index >= 15 is 0 Å². The normalized spacial score (nSPS) is 12.6. The number of carbonyl (C=O) groups excluding carboxylic acids is 1. The molecule has 0 bridgehead atoms. The number of rotatable bonds is 4. The maximum absolute atomic E-state index is 13.1. The molecule has 2 aromatic rings. The first-order valence-electron chi connectivity index (χ1n) is 7.60. The highest BCUT2D eigenvalue weighted by Crippen LogP contribution is 2.36. The molecule has 2 aromatic carbocycles. The molecule has 0 radical (unpaired) electrons. The fraction of sp³-hybridized carbons (Fsp3) is 0.278. The van der Waals surface area contributed by atoms with Crippen molar-refractivity contribution in [2.45, 2.75) is 33.0 Å². The number of amides is 1. The van der Waals surface area contributed by atoms with E-state index in [1.807, 2.05) is 32.0 Å². The van der Waals surface area contributed by atoms with Crippen LogP contribution < -0.4 is 10.6 Å². The van der Waals surface area contributed by atoms with Crippen molar-refractivity contribution in [3.63, 3.8) is 0 Å². The van der Waals surface area contributed by atoms with Gasteiger partial charge >= 0.3 is 6.18 Å². The molecule has 0 aliphatic heterocycles. The minimum Gasteiger partial charge on any atom is -0.374 e. The minimum atomic E-state index is -4.61. The quantitative estimate of drug-likeness (QED) is 0.755. The second kappa shape index (κ2) is 7.35. The standard InChI is InChI=1S/C18H18ClF3N2O/c1-10-5-4-6-15(11(10)2)23-12(3)17(25)24-16-8-7-13(19)9-14(16)18(20,21)22/h4-9,12,23H,1-3H3,(H,24,25). The molecule has 0 aliphatic carbocycles. The summed E-state index contributed by atoms with van der Waals surface area (Å²) in [6.45, 7) is 5.43. The number of anilines is 2. The summed E-state index contributed by atoms with van der Waals surface area (Å²) in [6.07, 6.45) is -4.61. The van der Waals surface area contributed by atoms with E-state index in [1.165, 1.54) is 6.07 Å². The summed E-state index contributed by atoms with van der Waals surface area (Å²) in [5.74, 6) is -0.575. The third-order valence-electron chi connectivity index (χ3n) is 3.91. The molecule has 0 saturated heterocycles. The van der Waals surface area contributed by atoms with Crippen molar-refractivity contribution in [3.05, 3.63) is 58.1 Å². The minimum absolute atomic E-state index is 0.0492. The van der Waals surface area contributed by atoms with Gasteiger partial charge in [-0.05, 0) is 56.2 Å². The van der Waals surface area contributed by atoms with Crippen molar-refractivity contribution in [2.24, 2.45) is 0 Å². The summed E-state index contributed by atoms with van der Waals surface area (Å²) in [5.41, 5.74) is 1.48. The number of alkyl halides is 3. The largest absolute Gasteiger partial charge is 0.418 e. The maximum atomic E-state index is 13.1. The highest BCUT2D eigenvalue weighted by atomic mass is 35.5. The predicted octanol–water partition coefficient (Wildman–Crippen LogP) is 5.41. The lowest BCUT2D eigenvalue weighted by molar-refractivity contribution is -0.137.